The molecule has 1 atom stereocenters. The molecule has 0 aliphatic rings. The molecule has 0 amide bonds. The topological polar surface area (TPSA) is 30.9 Å². The second-order valence-corrected chi connectivity index (χ2v) is 5.63. The molecule has 0 saturated heterocycles. The predicted molar refractivity (Wildman–Crippen MR) is 78.7 cm³/mol. The van der Waals surface area contributed by atoms with Gasteiger partial charge < -0.3 is 10.3 Å². The molecule has 0 aliphatic carbocycles. The van der Waals surface area contributed by atoms with Crippen LogP contribution in [0, 0.1) is 5.92 Å². The molecule has 2 aromatic rings. The van der Waals surface area contributed by atoms with Gasteiger partial charge >= 0.3 is 0 Å². The molecule has 1 unspecified atom stereocenters. The Morgan fingerprint density at radius 2 is 2.00 bits per heavy atom. The summed E-state index contributed by atoms with van der Waals surface area (Å²) in [6.07, 6.45) is 4.19. The van der Waals surface area contributed by atoms with Crippen molar-refractivity contribution in [2.75, 3.05) is 0 Å². The normalized spacial score (nSPS) is 13.4. The summed E-state index contributed by atoms with van der Waals surface area (Å²) in [6.45, 7) is 7.73. The third-order valence-corrected chi connectivity index (χ3v) is 3.42. The first-order valence-electron chi connectivity index (χ1n) is 6.93. The second-order valence-electron chi connectivity index (χ2n) is 5.63. The maximum absolute atomic E-state index is 6.04. The van der Waals surface area contributed by atoms with E-state index >= 15 is 0 Å². The zero-order valence-corrected chi connectivity index (χ0v) is 11.7. The summed E-state index contributed by atoms with van der Waals surface area (Å²) in [5.74, 6) is 0.669. The Labute approximate surface area is 110 Å². The lowest BCUT2D eigenvalue weighted by molar-refractivity contribution is 0.535. The number of aromatic nitrogens is 1. The van der Waals surface area contributed by atoms with Crippen LogP contribution in [0.15, 0.2) is 30.5 Å². The average Bonchev–Trinajstić information content (AvgIpc) is 2.71. The fourth-order valence-electron chi connectivity index (χ4n) is 2.36. The summed E-state index contributed by atoms with van der Waals surface area (Å²) < 4.78 is 2.35. The first kappa shape index (κ1) is 13.2. The van der Waals surface area contributed by atoms with Gasteiger partial charge in [0, 0.05) is 24.3 Å². The van der Waals surface area contributed by atoms with Crippen molar-refractivity contribution >= 4 is 10.9 Å². The van der Waals surface area contributed by atoms with E-state index in [1.54, 1.807) is 0 Å². The van der Waals surface area contributed by atoms with Crippen molar-refractivity contribution in [2.24, 2.45) is 11.7 Å². The maximum atomic E-state index is 6.04. The number of rotatable bonds is 5. The smallest absolute Gasteiger partial charge is 0.0483 e. The van der Waals surface area contributed by atoms with E-state index < -0.39 is 0 Å². The number of hydrogen-bond acceptors (Lipinski definition) is 1. The summed E-state index contributed by atoms with van der Waals surface area (Å²) in [6, 6.07) is 9.19. The molecule has 0 fully saturated rings. The Morgan fingerprint density at radius 1 is 1.22 bits per heavy atom. The fraction of sp³-hybridized carbons (Fsp3) is 0.500. The highest BCUT2D eigenvalue weighted by atomic mass is 15.0. The molecule has 0 radical (unpaired) electrons. The molecule has 0 bridgehead atoms. The number of nitrogens with two attached hydrogens (primary N) is 1. The first-order valence-corrected chi connectivity index (χ1v) is 6.93. The number of hydrogen-bond donors (Lipinski definition) is 1. The van der Waals surface area contributed by atoms with Crippen molar-refractivity contribution in [3.63, 3.8) is 0 Å². The van der Waals surface area contributed by atoms with Gasteiger partial charge in [0.1, 0.15) is 0 Å². The number of fused-ring (bicyclic) bond motifs is 1. The molecule has 0 saturated carbocycles. The van der Waals surface area contributed by atoms with Crippen LogP contribution in [0.2, 0.25) is 0 Å². The minimum Gasteiger partial charge on any atom is -0.347 e. The quantitative estimate of drug-likeness (QED) is 0.856. The van der Waals surface area contributed by atoms with Crippen LogP contribution in [0.5, 0.6) is 0 Å². The van der Waals surface area contributed by atoms with Crippen molar-refractivity contribution in [1.29, 1.82) is 0 Å². The number of nitrogens with zero attached hydrogens (tertiary/aromatic N) is 1. The van der Waals surface area contributed by atoms with Gasteiger partial charge in [-0.3, -0.25) is 0 Å². The molecule has 98 valence electrons. The molecule has 2 N–H and O–H groups in total. The second kappa shape index (κ2) is 5.57. The lowest BCUT2D eigenvalue weighted by Gasteiger charge is -2.11. The molecule has 1 aromatic carbocycles. The molecule has 0 aliphatic heterocycles. The van der Waals surface area contributed by atoms with Gasteiger partial charge in [-0.15, -0.1) is 0 Å². The Hall–Kier alpha value is -1.28. The van der Waals surface area contributed by atoms with E-state index in [2.05, 4.69) is 55.8 Å². The maximum Gasteiger partial charge on any atom is 0.0483 e. The molecule has 1 aromatic heterocycles. The number of benzene rings is 1. The lowest BCUT2D eigenvalue weighted by Crippen LogP contribution is -2.21. The average molecular weight is 244 g/mol. The van der Waals surface area contributed by atoms with E-state index in [4.69, 9.17) is 5.73 Å². The molecular formula is C16H24N2. The lowest BCUT2D eigenvalue weighted by atomic mass is 10.0. The van der Waals surface area contributed by atoms with E-state index in [0.29, 0.717) is 5.92 Å². The summed E-state index contributed by atoms with van der Waals surface area (Å²) in [4.78, 5) is 0. The summed E-state index contributed by atoms with van der Waals surface area (Å²) in [5, 5.41) is 1.32. The van der Waals surface area contributed by atoms with Crippen molar-refractivity contribution in [3.8, 4) is 0 Å². The van der Waals surface area contributed by atoms with Crippen LogP contribution in [-0.4, -0.2) is 10.6 Å². The van der Waals surface area contributed by atoms with Gasteiger partial charge in [-0.25, -0.2) is 0 Å². The monoisotopic (exact) mass is 244 g/mol. The van der Waals surface area contributed by atoms with Crippen LogP contribution >= 0.6 is 0 Å². The van der Waals surface area contributed by atoms with Gasteiger partial charge in [-0.1, -0.05) is 32.9 Å². The molecule has 1 heterocycles. The van der Waals surface area contributed by atoms with E-state index in [-0.39, 0.29) is 6.04 Å². The SMILES string of the molecule is CCC(N)Cc1ccc2ccn(CC(C)C)c2c1. The van der Waals surface area contributed by atoms with Gasteiger partial charge in [0.05, 0.1) is 0 Å². The Kier molecular flexibility index (Phi) is 4.07. The Morgan fingerprint density at radius 3 is 2.67 bits per heavy atom. The van der Waals surface area contributed by atoms with Crippen LogP contribution in [0.25, 0.3) is 10.9 Å². The zero-order valence-electron chi connectivity index (χ0n) is 11.7. The van der Waals surface area contributed by atoms with Crippen LogP contribution in [0.4, 0.5) is 0 Å². The molecular weight excluding hydrogens is 220 g/mol. The Balaban J connectivity index is 2.30. The van der Waals surface area contributed by atoms with Gasteiger partial charge in [-0.2, -0.15) is 0 Å². The Bertz CT molecular complexity index is 511. The van der Waals surface area contributed by atoms with Gasteiger partial charge in [0.15, 0.2) is 0 Å². The minimum atomic E-state index is 0.274. The van der Waals surface area contributed by atoms with Crippen molar-refractivity contribution in [3.05, 3.63) is 36.0 Å². The standard InChI is InChI=1S/C16H24N2/c1-4-15(17)9-13-5-6-14-7-8-18(11-12(2)3)16(14)10-13/h5-8,10,12,15H,4,9,11,17H2,1-3H3. The molecule has 2 nitrogen and oxygen atoms in total. The highest BCUT2D eigenvalue weighted by Crippen LogP contribution is 2.20. The van der Waals surface area contributed by atoms with Crippen LogP contribution in [-0.2, 0) is 13.0 Å². The van der Waals surface area contributed by atoms with E-state index in [1.807, 2.05) is 0 Å². The van der Waals surface area contributed by atoms with Gasteiger partial charge in [0.2, 0.25) is 0 Å². The third kappa shape index (κ3) is 2.94. The summed E-state index contributed by atoms with van der Waals surface area (Å²) >= 11 is 0. The highest BCUT2D eigenvalue weighted by molar-refractivity contribution is 5.80. The zero-order chi connectivity index (χ0) is 13.1. The van der Waals surface area contributed by atoms with Crippen molar-refractivity contribution < 1.29 is 0 Å². The minimum absolute atomic E-state index is 0.274. The van der Waals surface area contributed by atoms with E-state index in [0.717, 1.165) is 19.4 Å². The third-order valence-electron chi connectivity index (χ3n) is 3.42. The van der Waals surface area contributed by atoms with Crippen molar-refractivity contribution in [1.82, 2.24) is 4.57 Å². The van der Waals surface area contributed by atoms with Gasteiger partial charge in [-0.05, 0) is 41.8 Å². The molecule has 2 heteroatoms. The molecule has 2 rings (SSSR count). The van der Waals surface area contributed by atoms with Crippen LogP contribution in [0.3, 0.4) is 0 Å². The first-order chi connectivity index (χ1) is 8.60. The predicted octanol–water partition coefficient (Wildman–Crippen LogP) is 3.58. The van der Waals surface area contributed by atoms with Crippen LogP contribution < -0.4 is 5.73 Å². The molecule has 0 spiro atoms. The van der Waals surface area contributed by atoms with Gasteiger partial charge in [0.25, 0.3) is 0 Å². The van der Waals surface area contributed by atoms with Crippen LogP contribution in [0.1, 0.15) is 32.8 Å². The van der Waals surface area contributed by atoms with E-state index in [1.165, 1.54) is 16.5 Å². The van der Waals surface area contributed by atoms with Crippen molar-refractivity contribution in [2.45, 2.75) is 46.2 Å². The fourth-order valence-corrected chi connectivity index (χ4v) is 2.36. The summed E-state index contributed by atoms with van der Waals surface area (Å²) in [5.41, 5.74) is 8.72. The van der Waals surface area contributed by atoms with E-state index in [9.17, 15) is 0 Å². The summed E-state index contributed by atoms with van der Waals surface area (Å²) in [7, 11) is 0. The highest BCUT2D eigenvalue weighted by Gasteiger charge is 2.06. The molecule has 18 heavy (non-hydrogen) atoms. The largest absolute Gasteiger partial charge is 0.347 e.